The number of ether oxygens (including phenoxy) is 2. The third kappa shape index (κ3) is 8.19. The number of rotatable bonds is 12. The van der Waals surface area contributed by atoms with Crippen molar-refractivity contribution in [2.45, 2.75) is 26.3 Å². The van der Waals surface area contributed by atoms with E-state index in [9.17, 15) is 0 Å². The van der Waals surface area contributed by atoms with Crippen LogP contribution < -0.4 is 10.6 Å². The van der Waals surface area contributed by atoms with Gasteiger partial charge in [0.25, 0.3) is 0 Å². The van der Waals surface area contributed by atoms with E-state index in [1.54, 1.807) is 7.05 Å². The Bertz CT molecular complexity index is 660. The standard InChI is InChI=1S/C19H30N6O2/c1-3-4-9-26-11-12-27-10-8-21-19(20-2)22-14-16-6-5-7-17(13-16)18-23-15-24-25-18/h5-7,13,15H,3-4,8-12,14H2,1-2H3,(H2,20,21,22)(H,23,24,25). The van der Waals surface area contributed by atoms with Crippen LogP contribution in [0.25, 0.3) is 11.4 Å². The van der Waals surface area contributed by atoms with Crippen LogP contribution in [0.1, 0.15) is 25.3 Å². The molecule has 1 aromatic heterocycles. The Balaban J connectivity index is 1.62. The summed E-state index contributed by atoms with van der Waals surface area (Å²) in [5.41, 5.74) is 2.14. The van der Waals surface area contributed by atoms with Gasteiger partial charge >= 0.3 is 0 Å². The van der Waals surface area contributed by atoms with Crippen molar-refractivity contribution in [3.63, 3.8) is 0 Å². The molecule has 0 atom stereocenters. The summed E-state index contributed by atoms with van der Waals surface area (Å²) in [5.74, 6) is 1.50. The van der Waals surface area contributed by atoms with Crippen molar-refractivity contribution in [1.29, 1.82) is 0 Å². The largest absolute Gasteiger partial charge is 0.379 e. The second-order valence-electron chi connectivity index (χ2n) is 5.97. The summed E-state index contributed by atoms with van der Waals surface area (Å²) in [4.78, 5) is 8.41. The molecular weight excluding hydrogens is 344 g/mol. The van der Waals surface area contributed by atoms with E-state index in [0.29, 0.717) is 32.9 Å². The molecule has 27 heavy (non-hydrogen) atoms. The Morgan fingerprint density at radius 1 is 1.15 bits per heavy atom. The van der Waals surface area contributed by atoms with Gasteiger partial charge in [0.15, 0.2) is 11.8 Å². The van der Waals surface area contributed by atoms with E-state index in [1.165, 1.54) is 6.33 Å². The molecule has 0 spiro atoms. The van der Waals surface area contributed by atoms with Crippen LogP contribution in [0.4, 0.5) is 0 Å². The molecule has 0 amide bonds. The molecule has 0 bridgehead atoms. The zero-order chi connectivity index (χ0) is 19.2. The van der Waals surface area contributed by atoms with Gasteiger partial charge in [0.2, 0.25) is 0 Å². The molecule has 2 aromatic rings. The zero-order valence-corrected chi connectivity index (χ0v) is 16.2. The molecule has 0 saturated carbocycles. The second kappa shape index (κ2) is 12.8. The fourth-order valence-corrected chi connectivity index (χ4v) is 2.39. The number of aromatic nitrogens is 3. The quantitative estimate of drug-likeness (QED) is 0.299. The number of aliphatic imine (C=N–C) groups is 1. The lowest BCUT2D eigenvalue weighted by Crippen LogP contribution is -2.38. The predicted molar refractivity (Wildman–Crippen MR) is 107 cm³/mol. The molecule has 1 aromatic carbocycles. The first-order valence-electron chi connectivity index (χ1n) is 9.38. The van der Waals surface area contributed by atoms with E-state index in [2.05, 4.69) is 49.9 Å². The van der Waals surface area contributed by atoms with E-state index in [4.69, 9.17) is 9.47 Å². The molecule has 0 radical (unpaired) electrons. The van der Waals surface area contributed by atoms with Crippen LogP contribution in [0, 0.1) is 0 Å². The lowest BCUT2D eigenvalue weighted by Gasteiger charge is -2.12. The van der Waals surface area contributed by atoms with Crippen molar-refractivity contribution in [2.24, 2.45) is 4.99 Å². The minimum absolute atomic E-state index is 0.610. The van der Waals surface area contributed by atoms with E-state index in [0.717, 1.165) is 42.4 Å². The summed E-state index contributed by atoms with van der Waals surface area (Å²) < 4.78 is 11.0. The van der Waals surface area contributed by atoms with Gasteiger partial charge in [0.1, 0.15) is 6.33 Å². The second-order valence-corrected chi connectivity index (χ2v) is 5.97. The highest BCUT2D eigenvalue weighted by Gasteiger charge is 2.03. The summed E-state index contributed by atoms with van der Waals surface area (Å²) in [6, 6.07) is 8.13. The lowest BCUT2D eigenvalue weighted by atomic mass is 10.1. The number of hydrogen-bond donors (Lipinski definition) is 3. The first kappa shape index (κ1) is 20.9. The molecule has 0 fully saturated rings. The summed E-state index contributed by atoms with van der Waals surface area (Å²) in [6.07, 6.45) is 3.76. The van der Waals surface area contributed by atoms with Gasteiger partial charge in [0, 0.05) is 32.3 Å². The van der Waals surface area contributed by atoms with E-state index in [1.807, 2.05) is 12.1 Å². The highest BCUT2D eigenvalue weighted by molar-refractivity contribution is 5.79. The van der Waals surface area contributed by atoms with Crippen LogP contribution in [0.3, 0.4) is 0 Å². The monoisotopic (exact) mass is 374 g/mol. The van der Waals surface area contributed by atoms with E-state index in [-0.39, 0.29) is 0 Å². The number of nitrogens with one attached hydrogen (secondary N) is 3. The minimum Gasteiger partial charge on any atom is -0.379 e. The summed E-state index contributed by atoms with van der Waals surface area (Å²) in [6.45, 7) is 6.19. The molecule has 0 saturated heterocycles. The fourth-order valence-electron chi connectivity index (χ4n) is 2.39. The predicted octanol–water partition coefficient (Wildman–Crippen LogP) is 1.97. The number of unbranched alkanes of at least 4 members (excludes halogenated alkanes) is 1. The maximum absolute atomic E-state index is 5.54. The molecule has 8 heteroatoms. The van der Waals surface area contributed by atoms with Gasteiger partial charge in [-0.25, -0.2) is 4.98 Å². The average molecular weight is 374 g/mol. The van der Waals surface area contributed by atoms with Crippen molar-refractivity contribution >= 4 is 5.96 Å². The highest BCUT2D eigenvalue weighted by atomic mass is 16.5. The van der Waals surface area contributed by atoms with Gasteiger partial charge in [0.05, 0.1) is 19.8 Å². The maximum Gasteiger partial charge on any atom is 0.191 e. The minimum atomic E-state index is 0.610. The van der Waals surface area contributed by atoms with Gasteiger partial charge < -0.3 is 20.1 Å². The normalized spacial score (nSPS) is 11.6. The van der Waals surface area contributed by atoms with Crippen molar-refractivity contribution < 1.29 is 9.47 Å². The molecular formula is C19H30N6O2. The Morgan fingerprint density at radius 3 is 2.74 bits per heavy atom. The zero-order valence-electron chi connectivity index (χ0n) is 16.2. The van der Waals surface area contributed by atoms with Gasteiger partial charge in [-0.15, -0.1) is 0 Å². The van der Waals surface area contributed by atoms with Crippen LogP contribution in [-0.2, 0) is 16.0 Å². The Morgan fingerprint density at radius 2 is 2.00 bits per heavy atom. The number of nitrogens with zero attached hydrogens (tertiary/aromatic N) is 3. The SMILES string of the molecule is CCCCOCCOCCNC(=NC)NCc1cccc(-c2ncn[nH]2)c1. The number of hydrogen-bond acceptors (Lipinski definition) is 5. The van der Waals surface area contributed by atoms with Crippen LogP contribution in [-0.4, -0.2) is 61.2 Å². The molecule has 148 valence electrons. The average Bonchev–Trinajstić information content (AvgIpc) is 3.24. The topological polar surface area (TPSA) is 96.5 Å². The first-order valence-corrected chi connectivity index (χ1v) is 9.38. The smallest absolute Gasteiger partial charge is 0.191 e. The molecule has 2 rings (SSSR count). The van der Waals surface area contributed by atoms with E-state index < -0.39 is 0 Å². The summed E-state index contributed by atoms with van der Waals surface area (Å²) in [7, 11) is 1.75. The molecule has 0 aliphatic rings. The Hall–Kier alpha value is -2.45. The number of guanidine groups is 1. The van der Waals surface area contributed by atoms with Gasteiger partial charge in [-0.3, -0.25) is 10.1 Å². The molecule has 1 heterocycles. The maximum atomic E-state index is 5.54. The molecule has 3 N–H and O–H groups in total. The van der Waals surface area contributed by atoms with Crippen molar-refractivity contribution in [3.05, 3.63) is 36.2 Å². The van der Waals surface area contributed by atoms with Crippen molar-refractivity contribution in [2.75, 3.05) is 40.0 Å². The molecule has 0 unspecified atom stereocenters. The number of aromatic amines is 1. The third-order valence-corrected chi connectivity index (χ3v) is 3.85. The highest BCUT2D eigenvalue weighted by Crippen LogP contribution is 2.15. The molecule has 8 nitrogen and oxygen atoms in total. The van der Waals surface area contributed by atoms with E-state index >= 15 is 0 Å². The van der Waals surface area contributed by atoms with Crippen molar-refractivity contribution in [1.82, 2.24) is 25.8 Å². The van der Waals surface area contributed by atoms with Crippen LogP contribution >= 0.6 is 0 Å². The Labute approximate surface area is 160 Å². The number of H-pyrrole nitrogens is 1. The van der Waals surface area contributed by atoms with Gasteiger partial charge in [-0.1, -0.05) is 31.5 Å². The Kier molecular flexibility index (Phi) is 9.91. The molecule has 0 aliphatic carbocycles. The van der Waals surface area contributed by atoms with Gasteiger partial charge in [-0.05, 0) is 18.1 Å². The molecule has 0 aliphatic heterocycles. The van der Waals surface area contributed by atoms with Crippen molar-refractivity contribution in [3.8, 4) is 11.4 Å². The van der Waals surface area contributed by atoms with Crippen LogP contribution in [0.2, 0.25) is 0 Å². The van der Waals surface area contributed by atoms with Crippen LogP contribution in [0.5, 0.6) is 0 Å². The summed E-state index contributed by atoms with van der Waals surface area (Å²) in [5, 5.41) is 13.3. The third-order valence-electron chi connectivity index (χ3n) is 3.85. The number of benzene rings is 1. The van der Waals surface area contributed by atoms with Gasteiger partial charge in [-0.2, -0.15) is 5.10 Å². The first-order chi connectivity index (χ1) is 13.3. The lowest BCUT2D eigenvalue weighted by molar-refractivity contribution is 0.0487. The fraction of sp³-hybridized carbons (Fsp3) is 0.526. The summed E-state index contributed by atoms with van der Waals surface area (Å²) >= 11 is 0. The van der Waals surface area contributed by atoms with Crippen LogP contribution in [0.15, 0.2) is 35.6 Å².